The lowest BCUT2D eigenvalue weighted by Crippen LogP contribution is -2.07. The van der Waals surface area contributed by atoms with Crippen LogP contribution in [0.5, 0.6) is 0 Å². The van der Waals surface area contributed by atoms with E-state index in [9.17, 15) is 4.79 Å². The summed E-state index contributed by atoms with van der Waals surface area (Å²) < 4.78 is 0. The first kappa shape index (κ1) is 15.1. The van der Waals surface area contributed by atoms with E-state index in [1.165, 1.54) is 5.56 Å². The van der Waals surface area contributed by atoms with E-state index >= 15 is 0 Å². The molecule has 0 radical (unpaired) electrons. The molecule has 0 saturated heterocycles. The van der Waals surface area contributed by atoms with Gasteiger partial charge in [-0.25, -0.2) is 0 Å². The fourth-order valence-electron chi connectivity index (χ4n) is 2.46. The summed E-state index contributed by atoms with van der Waals surface area (Å²) >= 11 is 12.0. The van der Waals surface area contributed by atoms with Crippen molar-refractivity contribution in [3.63, 3.8) is 0 Å². The number of aryl methyl sites for hydroxylation is 3. The van der Waals surface area contributed by atoms with Gasteiger partial charge >= 0.3 is 0 Å². The van der Waals surface area contributed by atoms with E-state index in [4.69, 9.17) is 23.2 Å². The minimum atomic E-state index is -0.00690. The fourth-order valence-corrected chi connectivity index (χ4v) is 2.85. The lowest BCUT2D eigenvalue weighted by atomic mass is 9.94. The number of hydrogen-bond donors (Lipinski definition) is 0. The zero-order chi connectivity index (χ0) is 14.9. The Labute approximate surface area is 129 Å². The molecule has 0 unspecified atom stereocenters. The van der Waals surface area contributed by atoms with E-state index in [0.29, 0.717) is 22.0 Å². The molecule has 0 spiro atoms. The average Bonchev–Trinajstić information content (AvgIpc) is 2.36. The van der Waals surface area contributed by atoms with Gasteiger partial charge in [0, 0.05) is 17.0 Å². The molecule has 0 aliphatic rings. The number of benzene rings is 2. The van der Waals surface area contributed by atoms with E-state index in [-0.39, 0.29) is 5.78 Å². The van der Waals surface area contributed by atoms with Gasteiger partial charge in [0.05, 0.1) is 5.02 Å². The molecule has 0 heterocycles. The molecule has 0 bridgehead atoms. The Kier molecular flexibility index (Phi) is 4.52. The molecule has 0 N–H and O–H groups in total. The molecule has 2 aromatic rings. The number of hydrogen-bond acceptors (Lipinski definition) is 1. The van der Waals surface area contributed by atoms with Crippen LogP contribution in [0.1, 0.15) is 32.6 Å². The summed E-state index contributed by atoms with van der Waals surface area (Å²) in [5.74, 6) is -0.00690. The van der Waals surface area contributed by atoms with E-state index in [1.54, 1.807) is 18.2 Å². The van der Waals surface area contributed by atoms with Gasteiger partial charge in [-0.05, 0) is 55.7 Å². The highest BCUT2D eigenvalue weighted by molar-refractivity contribution is 6.35. The molecule has 20 heavy (non-hydrogen) atoms. The van der Waals surface area contributed by atoms with E-state index < -0.39 is 0 Å². The largest absolute Gasteiger partial charge is 0.294 e. The van der Waals surface area contributed by atoms with Crippen molar-refractivity contribution in [2.24, 2.45) is 0 Å². The lowest BCUT2D eigenvalue weighted by Gasteiger charge is -2.11. The van der Waals surface area contributed by atoms with Crippen molar-refractivity contribution in [3.8, 4) is 0 Å². The maximum atomic E-state index is 12.4. The SMILES string of the molecule is Cc1cc(C)c(CC(=O)c2cc(Cl)ccc2Cl)c(C)c1. The lowest BCUT2D eigenvalue weighted by molar-refractivity contribution is 0.0992. The average molecular weight is 307 g/mol. The second-order valence-electron chi connectivity index (χ2n) is 5.10. The van der Waals surface area contributed by atoms with Crippen LogP contribution < -0.4 is 0 Å². The van der Waals surface area contributed by atoms with Crippen LogP contribution in [0.25, 0.3) is 0 Å². The molecule has 0 aliphatic carbocycles. The van der Waals surface area contributed by atoms with Crippen molar-refractivity contribution >= 4 is 29.0 Å². The van der Waals surface area contributed by atoms with Crippen LogP contribution in [0, 0.1) is 20.8 Å². The predicted octanol–water partition coefficient (Wildman–Crippen LogP) is 5.34. The number of halogens is 2. The molecule has 0 aliphatic heterocycles. The molecular formula is C17H16Cl2O. The third-order valence-corrected chi connectivity index (χ3v) is 3.97. The molecule has 0 aromatic heterocycles. The Bertz CT molecular complexity index is 652. The normalized spacial score (nSPS) is 10.7. The van der Waals surface area contributed by atoms with Crippen molar-refractivity contribution in [1.82, 2.24) is 0 Å². The van der Waals surface area contributed by atoms with Gasteiger partial charge in [-0.1, -0.05) is 40.9 Å². The Morgan fingerprint density at radius 1 is 1.00 bits per heavy atom. The Hall–Kier alpha value is -1.31. The summed E-state index contributed by atoms with van der Waals surface area (Å²) in [5.41, 5.74) is 5.02. The third kappa shape index (κ3) is 3.23. The zero-order valence-corrected chi connectivity index (χ0v) is 13.3. The quantitative estimate of drug-likeness (QED) is 0.699. The highest BCUT2D eigenvalue weighted by Gasteiger charge is 2.14. The summed E-state index contributed by atoms with van der Waals surface area (Å²) in [4.78, 5) is 12.4. The Morgan fingerprint density at radius 2 is 1.60 bits per heavy atom. The number of carbonyl (C=O) groups excluding carboxylic acids is 1. The van der Waals surface area contributed by atoms with Gasteiger partial charge in [-0.3, -0.25) is 4.79 Å². The van der Waals surface area contributed by atoms with Crippen LogP contribution >= 0.6 is 23.2 Å². The van der Waals surface area contributed by atoms with Crippen LogP contribution in [0.3, 0.4) is 0 Å². The maximum absolute atomic E-state index is 12.4. The van der Waals surface area contributed by atoms with Crippen LogP contribution in [0.2, 0.25) is 10.0 Å². The van der Waals surface area contributed by atoms with Crippen molar-refractivity contribution < 1.29 is 4.79 Å². The first-order chi connectivity index (χ1) is 9.38. The molecule has 2 aromatic carbocycles. The first-order valence-electron chi connectivity index (χ1n) is 6.43. The first-order valence-corrected chi connectivity index (χ1v) is 7.19. The molecule has 0 saturated carbocycles. The van der Waals surface area contributed by atoms with Crippen LogP contribution in [0.15, 0.2) is 30.3 Å². The summed E-state index contributed by atoms with van der Waals surface area (Å²) in [6.45, 7) is 6.11. The van der Waals surface area contributed by atoms with Gasteiger partial charge in [-0.15, -0.1) is 0 Å². The topological polar surface area (TPSA) is 17.1 Å². The number of Topliss-reactive ketones (excluding diaryl/α,β-unsaturated/α-hetero) is 1. The molecule has 0 amide bonds. The molecule has 1 nitrogen and oxygen atoms in total. The van der Waals surface area contributed by atoms with Gasteiger partial charge in [0.15, 0.2) is 5.78 Å². The van der Waals surface area contributed by atoms with Gasteiger partial charge in [0.2, 0.25) is 0 Å². The monoisotopic (exact) mass is 306 g/mol. The van der Waals surface area contributed by atoms with Gasteiger partial charge in [0.1, 0.15) is 0 Å². The van der Waals surface area contributed by atoms with Gasteiger partial charge in [0.25, 0.3) is 0 Å². The zero-order valence-electron chi connectivity index (χ0n) is 11.8. The smallest absolute Gasteiger partial charge is 0.168 e. The van der Waals surface area contributed by atoms with Crippen molar-refractivity contribution in [2.45, 2.75) is 27.2 Å². The molecule has 104 valence electrons. The molecule has 0 fully saturated rings. The second-order valence-corrected chi connectivity index (χ2v) is 5.95. The minimum Gasteiger partial charge on any atom is -0.294 e. The number of ketones is 1. The van der Waals surface area contributed by atoms with Crippen molar-refractivity contribution in [1.29, 1.82) is 0 Å². The van der Waals surface area contributed by atoms with Crippen LogP contribution in [0.4, 0.5) is 0 Å². The molecule has 2 rings (SSSR count). The van der Waals surface area contributed by atoms with Crippen molar-refractivity contribution in [2.75, 3.05) is 0 Å². The molecule has 3 heteroatoms. The Morgan fingerprint density at radius 3 is 2.20 bits per heavy atom. The highest BCUT2D eigenvalue weighted by Crippen LogP contribution is 2.24. The van der Waals surface area contributed by atoms with E-state index in [1.807, 2.05) is 13.8 Å². The van der Waals surface area contributed by atoms with E-state index in [2.05, 4.69) is 19.1 Å². The number of rotatable bonds is 3. The van der Waals surface area contributed by atoms with Gasteiger partial charge in [-0.2, -0.15) is 0 Å². The Balaban J connectivity index is 2.35. The van der Waals surface area contributed by atoms with Crippen molar-refractivity contribution in [3.05, 3.63) is 68.2 Å². The standard InChI is InChI=1S/C17H16Cl2O/c1-10-6-11(2)14(12(3)7-10)9-17(20)15-8-13(18)4-5-16(15)19/h4-8H,9H2,1-3H3. The third-order valence-electron chi connectivity index (χ3n) is 3.41. The maximum Gasteiger partial charge on any atom is 0.168 e. The summed E-state index contributed by atoms with van der Waals surface area (Å²) in [6.07, 6.45) is 0.345. The highest BCUT2D eigenvalue weighted by atomic mass is 35.5. The minimum absolute atomic E-state index is 0.00690. The summed E-state index contributed by atoms with van der Waals surface area (Å²) in [7, 11) is 0. The summed E-state index contributed by atoms with van der Waals surface area (Å²) in [6, 6.07) is 9.16. The molecule has 0 atom stereocenters. The second kappa shape index (κ2) is 5.99. The van der Waals surface area contributed by atoms with Crippen LogP contribution in [-0.2, 0) is 6.42 Å². The van der Waals surface area contributed by atoms with Crippen LogP contribution in [-0.4, -0.2) is 5.78 Å². The fraction of sp³-hybridized carbons (Fsp3) is 0.235. The van der Waals surface area contributed by atoms with Gasteiger partial charge < -0.3 is 0 Å². The predicted molar refractivity (Wildman–Crippen MR) is 85.1 cm³/mol. The number of carbonyl (C=O) groups is 1. The summed E-state index contributed by atoms with van der Waals surface area (Å²) in [5, 5.41) is 0.969. The molecular weight excluding hydrogens is 291 g/mol. The van der Waals surface area contributed by atoms with E-state index in [0.717, 1.165) is 16.7 Å².